The van der Waals surface area contributed by atoms with Gasteiger partial charge in [-0.3, -0.25) is 0 Å². The fourth-order valence-electron chi connectivity index (χ4n) is 1.64. The second-order valence-corrected chi connectivity index (χ2v) is 4.19. The Hall–Kier alpha value is -0.400. The summed E-state index contributed by atoms with van der Waals surface area (Å²) in [5.74, 6) is -23.1. The Bertz CT molecular complexity index is 300. The van der Waals surface area contributed by atoms with E-state index in [1.807, 2.05) is 0 Å². The highest BCUT2D eigenvalue weighted by atomic mass is 16.7. The molecule has 1 aliphatic rings. The molecule has 10 N–H and O–H groups in total. The summed E-state index contributed by atoms with van der Waals surface area (Å²) >= 11 is 0. The van der Waals surface area contributed by atoms with Gasteiger partial charge in [-0.25, -0.2) is 0 Å². The summed E-state index contributed by atoms with van der Waals surface area (Å²) in [4.78, 5) is 0. The maximum atomic E-state index is 9.27. The van der Waals surface area contributed by atoms with Crippen LogP contribution in [0.25, 0.3) is 0 Å². The first-order valence-electron chi connectivity index (χ1n) is 4.39. The van der Waals surface area contributed by atoms with E-state index in [9.17, 15) is 40.9 Å². The molecule has 0 aromatic heterocycles. The normalized spacial score (nSPS) is 33.4. The number of hydrogen-bond donors (Lipinski definition) is 10. The molecule has 0 atom stereocenters. The first kappa shape index (κ1) is 14.7. The second kappa shape index (κ2) is 3.13. The zero-order chi connectivity index (χ0) is 14.1. The molecule has 10 heteroatoms. The SMILES string of the molecule is CC1C(O)(O)C(O)(O)C(O)(O)C(O)(O)C1(O)O. The lowest BCUT2D eigenvalue weighted by atomic mass is 9.68. The summed E-state index contributed by atoms with van der Waals surface area (Å²) in [5, 5.41) is 92.1. The lowest BCUT2D eigenvalue weighted by Crippen LogP contribution is -2.89. The number of hydrogen-bond acceptors (Lipinski definition) is 10. The van der Waals surface area contributed by atoms with Crippen LogP contribution in [-0.2, 0) is 0 Å². The third-order valence-electron chi connectivity index (χ3n) is 3.21. The van der Waals surface area contributed by atoms with E-state index in [-0.39, 0.29) is 0 Å². The maximum Gasteiger partial charge on any atom is 0.285 e. The van der Waals surface area contributed by atoms with Gasteiger partial charge in [-0.2, -0.15) is 0 Å². The molecule has 0 radical (unpaired) electrons. The number of aliphatic hydroxyl groups is 10. The molecule has 10 nitrogen and oxygen atoms in total. The van der Waals surface area contributed by atoms with Crippen molar-refractivity contribution in [1.82, 2.24) is 0 Å². The third kappa shape index (κ3) is 1.27. The van der Waals surface area contributed by atoms with Crippen molar-refractivity contribution in [2.24, 2.45) is 5.92 Å². The lowest BCUT2D eigenvalue weighted by molar-refractivity contribution is -0.589. The van der Waals surface area contributed by atoms with E-state index >= 15 is 0 Å². The quantitative estimate of drug-likeness (QED) is 0.186. The minimum absolute atomic E-state index is 0.595. The lowest BCUT2D eigenvalue weighted by Gasteiger charge is -2.59. The molecular weight excluding hydrogens is 244 g/mol. The van der Waals surface area contributed by atoms with Crippen LogP contribution >= 0.6 is 0 Å². The Morgan fingerprint density at radius 1 is 0.529 bits per heavy atom. The van der Waals surface area contributed by atoms with E-state index in [2.05, 4.69) is 0 Å². The monoisotopic (exact) mass is 258 g/mol. The van der Waals surface area contributed by atoms with Crippen LogP contribution < -0.4 is 0 Å². The van der Waals surface area contributed by atoms with Crippen LogP contribution in [-0.4, -0.2) is 80.0 Å². The summed E-state index contributed by atoms with van der Waals surface area (Å²) in [6.45, 7) is 0.595. The van der Waals surface area contributed by atoms with Crippen molar-refractivity contribution in [3.8, 4) is 0 Å². The molecule has 17 heavy (non-hydrogen) atoms. The van der Waals surface area contributed by atoms with Crippen LogP contribution in [0, 0.1) is 5.92 Å². The van der Waals surface area contributed by atoms with E-state index in [0.717, 1.165) is 0 Å². The first-order valence-corrected chi connectivity index (χ1v) is 4.39. The predicted molar refractivity (Wildman–Crippen MR) is 45.0 cm³/mol. The van der Waals surface area contributed by atoms with E-state index < -0.39 is 34.9 Å². The van der Waals surface area contributed by atoms with Crippen molar-refractivity contribution in [2.45, 2.75) is 35.9 Å². The average Bonchev–Trinajstić information content (AvgIpc) is 2.13. The van der Waals surface area contributed by atoms with E-state index in [1.165, 1.54) is 0 Å². The summed E-state index contributed by atoms with van der Waals surface area (Å²) in [6, 6.07) is 0. The second-order valence-electron chi connectivity index (χ2n) is 4.19. The zero-order valence-electron chi connectivity index (χ0n) is 8.55. The minimum Gasteiger partial charge on any atom is -0.361 e. The van der Waals surface area contributed by atoms with Gasteiger partial charge in [0.15, 0.2) is 0 Å². The summed E-state index contributed by atoms with van der Waals surface area (Å²) in [6.07, 6.45) is 0. The van der Waals surface area contributed by atoms with Gasteiger partial charge in [0.1, 0.15) is 0 Å². The highest BCUT2D eigenvalue weighted by Gasteiger charge is 2.84. The first-order chi connectivity index (χ1) is 7.15. The third-order valence-corrected chi connectivity index (χ3v) is 3.21. The summed E-state index contributed by atoms with van der Waals surface area (Å²) in [7, 11) is 0. The molecule has 0 amide bonds. The maximum absolute atomic E-state index is 9.27. The molecule has 0 spiro atoms. The molecule has 1 fully saturated rings. The fraction of sp³-hybridized carbons (Fsp3) is 1.00. The molecule has 0 unspecified atom stereocenters. The number of rotatable bonds is 0. The van der Waals surface area contributed by atoms with Crippen LogP contribution in [0.15, 0.2) is 0 Å². The van der Waals surface area contributed by atoms with Crippen LogP contribution in [0.2, 0.25) is 0 Å². The Kier molecular flexibility index (Phi) is 2.70. The van der Waals surface area contributed by atoms with Gasteiger partial charge in [-0.05, 0) is 0 Å². The van der Waals surface area contributed by atoms with Gasteiger partial charge in [0.05, 0.1) is 5.92 Å². The Balaban J connectivity index is 3.56. The molecule has 0 saturated heterocycles. The predicted octanol–water partition coefficient (Wildman–Crippen LogP) is -5.96. The molecule has 1 saturated carbocycles. The van der Waals surface area contributed by atoms with Crippen LogP contribution in [0.1, 0.15) is 6.92 Å². The standard InChI is InChI=1S/C7H14O10/c1-2-3(8,9)5(12,13)7(16,17)6(14,15)4(2,10)11/h2,8-17H,1H3. The van der Waals surface area contributed by atoms with Gasteiger partial charge >= 0.3 is 0 Å². The fourth-order valence-corrected chi connectivity index (χ4v) is 1.64. The van der Waals surface area contributed by atoms with Gasteiger partial charge in [-0.15, -0.1) is 0 Å². The van der Waals surface area contributed by atoms with E-state index in [1.54, 1.807) is 0 Å². The largest absolute Gasteiger partial charge is 0.361 e. The van der Waals surface area contributed by atoms with Crippen LogP contribution in [0.5, 0.6) is 0 Å². The molecular formula is C7H14O10. The van der Waals surface area contributed by atoms with Gasteiger partial charge in [0, 0.05) is 0 Å². The van der Waals surface area contributed by atoms with Crippen molar-refractivity contribution in [1.29, 1.82) is 0 Å². The molecule has 0 aromatic rings. The zero-order valence-corrected chi connectivity index (χ0v) is 8.55. The van der Waals surface area contributed by atoms with Crippen molar-refractivity contribution in [3.63, 3.8) is 0 Å². The van der Waals surface area contributed by atoms with Gasteiger partial charge in [0.25, 0.3) is 17.4 Å². The van der Waals surface area contributed by atoms with Crippen molar-refractivity contribution in [2.75, 3.05) is 0 Å². The smallest absolute Gasteiger partial charge is 0.285 e. The van der Waals surface area contributed by atoms with E-state index in [0.29, 0.717) is 6.92 Å². The Labute approximate surface area is 93.9 Å². The highest BCUT2D eigenvalue weighted by molar-refractivity contribution is 5.15. The summed E-state index contributed by atoms with van der Waals surface area (Å²) < 4.78 is 0. The minimum atomic E-state index is -4.46. The molecule has 1 aliphatic carbocycles. The summed E-state index contributed by atoms with van der Waals surface area (Å²) in [5.41, 5.74) is 0. The Morgan fingerprint density at radius 3 is 1.00 bits per heavy atom. The van der Waals surface area contributed by atoms with Gasteiger partial charge in [-0.1, -0.05) is 6.92 Å². The van der Waals surface area contributed by atoms with Crippen LogP contribution in [0.3, 0.4) is 0 Å². The molecule has 0 heterocycles. The molecule has 0 aliphatic heterocycles. The molecule has 0 aromatic carbocycles. The Morgan fingerprint density at radius 2 is 0.765 bits per heavy atom. The molecule has 0 bridgehead atoms. The molecule has 1 rings (SSSR count). The topological polar surface area (TPSA) is 202 Å². The van der Waals surface area contributed by atoms with Crippen LogP contribution in [0.4, 0.5) is 0 Å². The van der Waals surface area contributed by atoms with Gasteiger partial charge in [0.2, 0.25) is 11.6 Å². The molecule has 102 valence electrons. The highest BCUT2D eigenvalue weighted by Crippen LogP contribution is 2.51. The van der Waals surface area contributed by atoms with Crippen molar-refractivity contribution >= 4 is 0 Å². The van der Waals surface area contributed by atoms with Gasteiger partial charge < -0.3 is 51.1 Å². The van der Waals surface area contributed by atoms with E-state index in [4.69, 9.17) is 10.2 Å². The van der Waals surface area contributed by atoms with Crippen molar-refractivity contribution < 1.29 is 51.1 Å². The average molecular weight is 258 g/mol. The van der Waals surface area contributed by atoms with Crippen molar-refractivity contribution in [3.05, 3.63) is 0 Å².